The Morgan fingerprint density at radius 1 is 1.44 bits per heavy atom. The van der Waals surface area contributed by atoms with Gasteiger partial charge in [0.15, 0.2) is 0 Å². The predicted molar refractivity (Wildman–Crippen MR) is 66.5 cm³/mol. The van der Waals surface area contributed by atoms with E-state index in [0.717, 1.165) is 19.4 Å². The zero-order valence-electron chi connectivity index (χ0n) is 9.89. The van der Waals surface area contributed by atoms with Crippen LogP contribution in [0.15, 0.2) is 24.3 Å². The number of hydrogen-bond acceptors (Lipinski definition) is 4. The zero-order valence-corrected chi connectivity index (χ0v) is 9.89. The maximum atomic E-state index is 11.8. The van der Waals surface area contributed by atoms with Gasteiger partial charge in [-0.05, 0) is 31.5 Å². The number of amides is 1. The minimum atomic E-state index is -0.482. The molecule has 1 amide bonds. The zero-order chi connectivity index (χ0) is 13.0. The molecule has 1 aromatic carbocycles. The van der Waals surface area contributed by atoms with Crippen molar-refractivity contribution in [3.8, 4) is 0 Å². The Labute approximate surface area is 105 Å². The third-order valence-corrected chi connectivity index (χ3v) is 3.01. The highest BCUT2D eigenvalue weighted by atomic mass is 16.6. The molecule has 0 aromatic heterocycles. The van der Waals surface area contributed by atoms with Crippen LogP contribution in [0.4, 0.5) is 5.69 Å². The van der Waals surface area contributed by atoms with Gasteiger partial charge in [-0.3, -0.25) is 14.9 Å². The average molecular weight is 249 g/mol. The van der Waals surface area contributed by atoms with Gasteiger partial charge in [0.1, 0.15) is 0 Å². The first kappa shape index (κ1) is 12.5. The summed E-state index contributed by atoms with van der Waals surface area (Å²) in [6.07, 6.45) is 2.21. The Bertz CT molecular complexity index is 438. The van der Waals surface area contributed by atoms with E-state index in [9.17, 15) is 14.9 Å². The van der Waals surface area contributed by atoms with Crippen LogP contribution in [0.2, 0.25) is 0 Å². The van der Waals surface area contributed by atoms with Gasteiger partial charge in [0.05, 0.1) is 4.92 Å². The average Bonchev–Trinajstić information content (AvgIpc) is 2.89. The van der Waals surface area contributed by atoms with E-state index in [1.54, 1.807) is 0 Å². The predicted octanol–water partition coefficient (Wildman–Crippen LogP) is 1.08. The van der Waals surface area contributed by atoms with Crippen molar-refractivity contribution in [2.75, 3.05) is 13.1 Å². The fraction of sp³-hybridized carbons (Fsp3) is 0.417. The lowest BCUT2D eigenvalue weighted by Gasteiger charge is -2.11. The third kappa shape index (κ3) is 3.04. The highest BCUT2D eigenvalue weighted by Gasteiger charge is 2.15. The number of hydrogen-bond donors (Lipinski definition) is 2. The minimum Gasteiger partial charge on any atom is -0.350 e. The Balaban J connectivity index is 1.89. The quantitative estimate of drug-likeness (QED) is 0.617. The Morgan fingerprint density at radius 2 is 2.17 bits per heavy atom. The first-order chi connectivity index (χ1) is 8.66. The molecular formula is C12H15N3O3. The molecule has 0 bridgehead atoms. The second kappa shape index (κ2) is 5.59. The van der Waals surface area contributed by atoms with Crippen LogP contribution in [-0.4, -0.2) is 30.0 Å². The molecule has 0 saturated carbocycles. The van der Waals surface area contributed by atoms with E-state index in [-0.39, 0.29) is 11.6 Å². The van der Waals surface area contributed by atoms with Crippen molar-refractivity contribution in [3.63, 3.8) is 0 Å². The van der Waals surface area contributed by atoms with Crippen LogP contribution in [0, 0.1) is 10.1 Å². The highest BCUT2D eigenvalue weighted by molar-refractivity contribution is 5.94. The molecule has 0 spiro atoms. The second-order valence-electron chi connectivity index (χ2n) is 4.31. The number of nitro groups is 1. The number of nitrogens with one attached hydrogen (secondary N) is 2. The number of carbonyl (C=O) groups excluding carboxylic acids is 1. The van der Waals surface area contributed by atoms with E-state index in [2.05, 4.69) is 10.6 Å². The lowest BCUT2D eigenvalue weighted by atomic mass is 10.2. The van der Waals surface area contributed by atoms with Crippen LogP contribution in [0.3, 0.4) is 0 Å². The molecule has 1 aliphatic heterocycles. The van der Waals surface area contributed by atoms with Crippen LogP contribution >= 0.6 is 0 Å². The summed E-state index contributed by atoms with van der Waals surface area (Å²) in [7, 11) is 0. The lowest BCUT2D eigenvalue weighted by Crippen LogP contribution is -2.37. The topological polar surface area (TPSA) is 84.3 Å². The van der Waals surface area contributed by atoms with Crippen molar-refractivity contribution in [3.05, 3.63) is 39.9 Å². The van der Waals surface area contributed by atoms with Crippen LogP contribution < -0.4 is 10.6 Å². The molecule has 2 N–H and O–H groups in total. The maximum absolute atomic E-state index is 11.8. The number of non-ortho nitro benzene ring substituents is 1. The molecule has 0 radical (unpaired) electrons. The fourth-order valence-electron chi connectivity index (χ4n) is 1.98. The van der Waals surface area contributed by atoms with Crippen LogP contribution in [0.5, 0.6) is 0 Å². The van der Waals surface area contributed by atoms with Gasteiger partial charge < -0.3 is 10.6 Å². The molecule has 1 unspecified atom stereocenters. The first-order valence-electron chi connectivity index (χ1n) is 5.93. The van der Waals surface area contributed by atoms with E-state index < -0.39 is 4.92 Å². The first-order valence-corrected chi connectivity index (χ1v) is 5.93. The standard InChI is InChI=1S/C12H15N3O3/c16-12(14-8-10-2-1-7-13-10)9-3-5-11(6-4-9)15(17)18/h3-6,10,13H,1-2,7-8H2,(H,14,16). The lowest BCUT2D eigenvalue weighted by molar-refractivity contribution is -0.384. The van der Waals surface area contributed by atoms with Gasteiger partial charge in [0.2, 0.25) is 0 Å². The van der Waals surface area contributed by atoms with Crippen molar-refractivity contribution in [1.82, 2.24) is 10.6 Å². The number of nitro benzene ring substituents is 1. The SMILES string of the molecule is O=C(NCC1CCCN1)c1ccc([N+](=O)[O-])cc1. The van der Waals surface area contributed by atoms with Crippen LogP contribution in [-0.2, 0) is 0 Å². The minimum absolute atomic E-state index is 0.0102. The molecule has 1 atom stereocenters. The Kier molecular flexibility index (Phi) is 3.88. The number of benzene rings is 1. The highest BCUT2D eigenvalue weighted by Crippen LogP contribution is 2.12. The Hall–Kier alpha value is -1.95. The fourth-order valence-corrected chi connectivity index (χ4v) is 1.98. The van der Waals surface area contributed by atoms with E-state index >= 15 is 0 Å². The molecule has 1 saturated heterocycles. The summed E-state index contributed by atoms with van der Waals surface area (Å²) in [4.78, 5) is 21.8. The molecule has 1 fully saturated rings. The number of nitrogens with zero attached hydrogens (tertiary/aromatic N) is 1. The molecular weight excluding hydrogens is 234 g/mol. The van der Waals surface area contributed by atoms with Crippen molar-refractivity contribution in [2.24, 2.45) is 0 Å². The summed E-state index contributed by atoms with van der Waals surface area (Å²) < 4.78 is 0. The molecule has 96 valence electrons. The monoisotopic (exact) mass is 249 g/mol. The summed E-state index contributed by atoms with van der Waals surface area (Å²) in [6.45, 7) is 1.59. The van der Waals surface area contributed by atoms with E-state index in [1.165, 1.54) is 24.3 Å². The van der Waals surface area contributed by atoms with Gasteiger partial charge in [-0.2, -0.15) is 0 Å². The van der Waals surface area contributed by atoms with Crippen molar-refractivity contribution in [2.45, 2.75) is 18.9 Å². The summed E-state index contributed by atoms with van der Waals surface area (Å²) >= 11 is 0. The van der Waals surface area contributed by atoms with E-state index in [4.69, 9.17) is 0 Å². The van der Waals surface area contributed by atoms with Crippen molar-refractivity contribution < 1.29 is 9.72 Å². The van der Waals surface area contributed by atoms with Crippen LogP contribution in [0.1, 0.15) is 23.2 Å². The van der Waals surface area contributed by atoms with Crippen molar-refractivity contribution >= 4 is 11.6 Å². The van der Waals surface area contributed by atoms with Gasteiger partial charge in [-0.1, -0.05) is 0 Å². The van der Waals surface area contributed by atoms with E-state index in [0.29, 0.717) is 18.2 Å². The van der Waals surface area contributed by atoms with Crippen molar-refractivity contribution in [1.29, 1.82) is 0 Å². The van der Waals surface area contributed by atoms with Gasteiger partial charge in [-0.15, -0.1) is 0 Å². The molecule has 6 heteroatoms. The van der Waals surface area contributed by atoms with E-state index in [1.807, 2.05) is 0 Å². The molecule has 1 heterocycles. The van der Waals surface area contributed by atoms with Gasteiger partial charge in [-0.25, -0.2) is 0 Å². The maximum Gasteiger partial charge on any atom is 0.269 e. The van der Waals surface area contributed by atoms with Crippen LogP contribution in [0.25, 0.3) is 0 Å². The van der Waals surface area contributed by atoms with Gasteiger partial charge in [0, 0.05) is 30.3 Å². The molecule has 1 aromatic rings. The number of rotatable bonds is 4. The van der Waals surface area contributed by atoms with Gasteiger partial charge >= 0.3 is 0 Å². The normalized spacial score (nSPS) is 18.6. The summed E-state index contributed by atoms with van der Waals surface area (Å²) in [6, 6.07) is 5.95. The third-order valence-electron chi connectivity index (χ3n) is 3.01. The Morgan fingerprint density at radius 3 is 2.72 bits per heavy atom. The molecule has 18 heavy (non-hydrogen) atoms. The summed E-state index contributed by atoms with van der Waals surface area (Å²) in [5.74, 6) is -0.196. The summed E-state index contributed by atoms with van der Waals surface area (Å²) in [5.41, 5.74) is 0.433. The smallest absolute Gasteiger partial charge is 0.269 e. The molecule has 0 aliphatic carbocycles. The summed E-state index contributed by atoms with van der Waals surface area (Å²) in [5, 5.41) is 16.6. The number of carbonyl (C=O) groups is 1. The van der Waals surface area contributed by atoms with Gasteiger partial charge in [0.25, 0.3) is 11.6 Å². The largest absolute Gasteiger partial charge is 0.350 e. The molecule has 1 aliphatic rings. The molecule has 2 rings (SSSR count). The second-order valence-corrected chi connectivity index (χ2v) is 4.31. The molecule has 6 nitrogen and oxygen atoms in total.